The van der Waals surface area contributed by atoms with E-state index in [9.17, 15) is 9.18 Å². The number of halogens is 1. The average molecular weight is 243 g/mol. The SMILES string of the molecule is COC(=O)CC(C)Sc1ccc(F)cc1N. The van der Waals surface area contributed by atoms with Crippen molar-refractivity contribution in [2.75, 3.05) is 12.8 Å². The van der Waals surface area contributed by atoms with Crippen LogP contribution >= 0.6 is 11.8 Å². The summed E-state index contributed by atoms with van der Waals surface area (Å²) in [5.74, 6) is -0.622. The molecule has 1 aromatic carbocycles. The van der Waals surface area contributed by atoms with Crippen molar-refractivity contribution in [1.82, 2.24) is 0 Å². The van der Waals surface area contributed by atoms with Crippen LogP contribution in [-0.2, 0) is 9.53 Å². The summed E-state index contributed by atoms with van der Waals surface area (Å²) in [6.07, 6.45) is 0.304. The molecule has 0 aliphatic heterocycles. The highest BCUT2D eigenvalue weighted by Gasteiger charge is 2.12. The smallest absolute Gasteiger partial charge is 0.306 e. The average Bonchev–Trinajstić information content (AvgIpc) is 2.22. The van der Waals surface area contributed by atoms with Gasteiger partial charge in [0.2, 0.25) is 0 Å². The van der Waals surface area contributed by atoms with Gasteiger partial charge >= 0.3 is 5.97 Å². The Balaban J connectivity index is 2.62. The highest BCUT2D eigenvalue weighted by Crippen LogP contribution is 2.30. The number of esters is 1. The lowest BCUT2D eigenvalue weighted by molar-refractivity contribution is -0.140. The highest BCUT2D eigenvalue weighted by molar-refractivity contribution is 8.00. The van der Waals surface area contributed by atoms with Crippen LogP contribution in [-0.4, -0.2) is 18.3 Å². The Labute approximate surface area is 98.2 Å². The molecule has 16 heavy (non-hydrogen) atoms. The maximum absolute atomic E-state index is 12.8. The molecule has 1 aromatic rings. The van der Waals surface area contributed by atoms with Crippen molar-refractivity contribution in [1.29, 1.82) is 0 Å². The molecule has 1 unspecified atom stereocenters. The summed E-state index contributed by atoms with van der Waals surface area (Å²) in [7, 11) is 1.35. The van der Waals surface area contributed by atoms with E-state index in [1.807, 2.05) is 6.92 Å². The van der Waals surface area contributed by atoms with E-state index in [0.29, 0.717) is 12.1 Å². The number of benzene rings is 1. The van der Waals surface area contributed by atoms with E-state index in [-0.39, 0.29) is 17.0 Å². The van der Waals surface area contributed by atoms with Gasteiger partial charge in [-0.15, -0.1) is 11.8 Å². The minimum Gasteiger partial charge on any atom is -0.469 e. The zero-order valence-electron chi connectivity index (χ0n) is 9.20. The van der Waals surface area contributed by atoms with Crippen LogP contribution in [0.2, 0.25) is 0 Å². The van der Waals surface area contributed by atoms with Crippen LogP contribution in [0.15, 0.2) is 23.1 Å². The first-order chi connectivity index (χ1) is 7.52. The van der Waals surface area contributed by atoms with Crippen molar-refractivity contribution < 1.29 is 13.9 Å². The molecular formula is C11H14FNO2S. The second-order valence-corrected chi connectivity index (χ2v) is 4.87. The molecule has 0 aromatic heterocycles. The van der Waals surface area contributed by atoms with Gasteiger partial charge in [-0.1, -0.05) is 6.92 Å². The zero-order valence-corrected chi connectivity index (χ0v) is 10.0. The molecule has 0 bridgehead atoms. The first kappa shape index (κ1) is 12.8. The van der Waals surface area contributed by atoms with E-state index in [1.165, 1.54) is 31.0 Å². The highest BCUT2D eigenvalue weighted by atomic mass is 32.2. The summed E-state index contributed by atoms with van der Waals surface area (Å²) < 4.78 is 17.4. The largest absolute Gasteiger partial charge is 0.469 e. The van der Waals surface area contributed by atoms with E-state index >= 15 is 0 Å². The number of rotatable bonds is 4. The number of ether oxygens (including phenoxy) is 1. The van der Waals surface area contributed by atoms with E-state index in [4.69, 9.17) is 5.73 Å². The molecule has 0 aliphatic rings. The van der Waals surface area contributed by atoms with Crippen LogP contribution in [0.3, 0.4) is 0 Å². The van der Waals surface area contributed by atoms with E-state index in [2.05, 4.69) is 4.74 Å². The van der Waals surface area contributed by atoms with Gasteiger partial charge < -0.3 is 10.5 Å². The summed E-state index contributed by atoms with van der Waals surface area (Å²) in [4.78, 5) is 11.8. The molecule has 3 nitrogen and oxygen atoms in total. The number of hydrogen-bond donors (Lipinski definition) is 1. The summed E-state index contributed by atoms with van der Waals surface area (Å²) in [6, 6.07) is 4.24. The van der Waals surface area contributed by atoms with Gasteiger partial charge in [-0.05, 0) is 18.2 Å². The van der Waals surface area contributed by atoms with E-state index in [1.54, 1.807) is 6.07 Å². The van der Waals surface area contributed by atoms with Crippen molar-refractivity contribution in [2.45, 2.75) is 23.5 Å². The number of nitrogen functional groups attached to an aromatic ring is 1. The Morgan fingerprint density at radius 1 is 1.62 bits per heavy atom. The number of hydrogen-bond acceptors (Lipinski definition) is 4. The molecule has 0 spiro atoms. The van der Waals surface area contributed by atoms with Crippen molar-refractivity contribution in [2.24, 2.45) is 0 Å². The molecule has 5 heteroatoms. The summed E-state index contributed by atoms with van der Waals surface area (Å²) >= 11 is 1.43. The Kier molecular flexibility index (Phi) is 4.61. The zero-order chi connectivity index (χ0) is 12.1. The number of nitrogens with two attached hydrogens (primary N) is 1. The van der Waals surface area contributed by atoms with Crippen molar-refractivity contribution in [3.8, 4) is 0 Å². The van der Waals surface area contributed by atoms with Crippen LogP contribution < -0.4 is 5.73 Å². The van der Waals surface area contributed by atoms with Crippen LogP contribution in [0.1, 0.15) is 13.3 Å². The van der Waals surface area contributed by atoms with Gasteiger partial charge in [0.05, 0.1) is 13.5 Å². The van der Waals surface area contributed by atoms with Crippen LogP contribution in [0, 0.1) is 5.82 Å². The monoisotopic (exact) mass is 243 g/mol. The Morgan fingerprint density at radius 2 is 2.31 bits per heavy atom. The molecule has 0 amide bonds. The molecule has 88 valence electrons. The number of carbonyl (C=O) groups excluding carboxylic acids is 1. The Morgan fingerprint density at radius 3 is 2.88 bits per heavy atom. The Bertz CT molecular complexity index is 384. The maximum atomic E-state index is 12.8. The van der Waals surface area contributed by atoms with Crippen molar-refractivity contribution in [3.05, 3.63) is 24.0 Å². The fourth-order valence-electron chi connectivity index (χ4n) is 1.20. The molecule has 0 aliphatic carbocycles. The first-order valence-corrected chi connectivity index (χ1v) is 5.69. The molecule has 1 atom stereocenters. The fraction of sp³-hybridized carbons (Fsp3) is 0.364. The van der Waals surface area contributed by atoms with Gasteiger partial charge in [-0.25, -0.2) is 4.39 Å². The van der Waals surface area contributed by atoms with Gasteiger partial charge in [0.15, 0.2) is 0 Å². The lowest BCUT2D eigenvalue weighted by atomic mass is 10.3. The molecular weight excluding hydrogens is 229 g/mol. The molecule has 0 radical (unpaired) electrons. The quantitative estimate of drug-likeness (QED) is 0.501. The lowest BCUT2D eigenvalue weighted by Crippen LogP contribution is -2.08. The number of carbonyl (C=O) groups is 1. The van der Waals surface area contributed by atoms with Gasteiger partial charge in [-0.3, -0.25) is 4.79 Å². The molecule has 0 saturated heterocycles. The second-order valence-electron chi connectivity index (χ2n) is 3.39. The summed E-state index contributed by atoms with van der Waals surface area (Å²) in [5.41, 5.74) is 6.05. The number of thioether (sulfide) groups is 1. The number of methoxy groups -OCH3 is 1. The second kappa shape index (κ2) is 5.75. The normalized spacial score (nSPS) is 12.2. The standard InChI is InChI=1S/C11H14FNO2S/c1-7(5-11(14)15-2)16-10-4-3-8(12)6-9(10)13/h3-4,6-7H,5,13H2,1-2H3. The van der Waals surface area contributed by atoms with Gasteiger partial charge in [0.25, 0.3) is 0 Å². The minimum atomic E-state index is -0.359. The van der Waals surface area contributed by atoms with Crippen LogP contribution in [0.5, 0.6) is 0 Å². The first-order valence-electron chi connectivity index (χ1n) is 4.81. The van der Waals surface area contributed by atoms with Crippen LogP contribution in [0.4, 0.5) is 10.1 Å². The molecule has 1 rings (SSSR count). The van der Waals surface area contributed by atoms with Gasteiger partial charge in [0.1, 0.15) is 5.82 Å². The van der Waals surface area contributed by atoms with Crippen molar-refractivity contribution >= 4 is 23.4 Å². The molecule has 0 saturated carbocycles. The van der Waals surface area contributed by atoms with E-state index < -0.39 is 0 Å². The third-order valence-electron chi connectivity index (χ3n) is 1.98. The van der Waals surface area contributed by atoms with Crippen molar-refractivity contribution in [3.63, 3.8) is 0 Å². The van der Waals surface area contributed by atoms with Crippen LogP contribution in [0.25, 0.3) is 0 Å². The minimum absolute atomic E-state index is 0.0419. The van der Waals surface area contributed by atoms with E-state index in [0.717, 1.165) is 4.90 Å². The molecule has 2 N–H and O–H groups in total. The number of anilines is 1. The van der Waals surface area contributed by atoms with Gasteiger partial charge in [0, 0.05) is 15.8 Å². The Hall–Kier alpha value is -1.23. The summed E-state index contributed by atoms with van der Waals surface area (Å²) in [5, 5.41) is 0.0419. The third-order valence-corrected chi connectivity index (χ3v) is 3.18. The molecule has 0 fully saturated rings. The predicted molar refractivity (Wildman–Crippen MR) is 62.8 cm³/mol. The molecule has 0 heterocycles. The maximum Gasteiger partial charge on any atom is 0.306 e. The third kappa shape index (κ3) is 3.73. The fourth-order valence-corrected chi connectivity index (χ4v) is 2.20. The summed E-state index contributed by atoms with van der Waals surface area (Å²) in [6.45, 7) is 1.89. The lowest BCUT2D eigenvalue weighted by Gasteiger charge is -2.11. The predicted octanol–water partition coefficient (Wildman–Crippen LogP) is 2.45. The topological polar surface area (TPSA) is 52.3 Å². The van der Waals surface area contributed by atoms with Gasteiger partial charge in [-0.2, -0.15) is 0 Å².